The van der Waals surface area contributed by atoms with Gasteiger partial charge in [0.2, 0.25) is 0 Å². The van der Waals surface area contributed by atoms with Crippen LogP contribution in [0.2, 0.25) is 0 Å². The molecule has 0 radical (unpaired) electrons. The molecule has 0 saturated heterocycles. The normalized spacial score (nSPS) is 15.8. The van der Waals surface area contributed by atoms with E-state index in [1.807, 2.05) is 6.07 Å². The van der Waals surface area contributed by atoms with Gasteiger partial charge in [-0.3, -0.25) is 4.79 Å². The number of nitrogens with zero attached hydrogens (tertiary/aromatic N) is 1. The van der Waals surface area contributed by atoms with E-state index in [1.54, 1.807) is 0 Å². The molecule has 1 aliphatic carbocycles. The summed E-state index contributed by atoms with van der Waals surface area (Å²) in [5.74, 6) is -0.732. The Morgan fingerprint density at radius 2 is 2.17 bits per heavy atom. The summed E-state index contributed by atoms with van der Waals surface area (Å²) < 4.78 is 2.35. The zero-order valence-corrected chi connectivity index (χ0v) is 10.3. The molecular formula is C15H17NO2. The first-order valence-corrected chi connectivity index (χ1v) is 6.55. The van der Waals surface area contributed by atoms with E-state index in [1.165, 1.54) is 30.2 Å². The number of hydrogen-bond acceptors (Lipinski definition) is 1. The second kappa shape index (κ2) is 4.48. The van der Waals surface area contributed by atoms with E-state index in [4.69, 9.17) is 5.11 Å². The number of aliphatic carboxylic acids is 1. The summed E-state index contributed by atoms with van der Waals surface area (Å²) in [5, 5.41) is 9.98. The molecule has 0 atom stereocenters. The van der Waals surface area contributed by atoms with Crippen molar-refractivity contribution in [3.8, 4) is 0 Å². The van der Waals surface area contributed by atoms with Gasteiger partial charge >= 0.3 is 5.97 Å². The molecule has 1 aromatic carbocycles. The number of fused-ring (bicyclic) bond motifs is 1. The zero-order chi connectivity index (χ0) is 12.5. The second-order valence-corrected chi connectivity index (χ2v) is 5.09. The van der Waals surface area contributed by atoms with Crippen molar-refractivity contribution in [2.75, 3.05) is 0 Å². The molecule has 2 aromatic rings. The van der Waals surface area contributed by atoms with Gasteiger partial charge < -0.3 is 9.67 Å². The highest BCUT2D eigenvalue weighted by atomic mass is 16.4. The second-order valence-electron chi connectivity index (χ2n) is 5.09. The molecule has 0 bridgehead atoms. The highest BCUT2D eigenvalue weighted by Gasteiger charge is 2.20. The fourth-order valence-corrected chi connectivity index (χ4v) is 2.58. The first-order valence-electron chi connectivity index (χ1n) is 6.55. The third kappa shape index (κ3) is 2.01. The van der Waals surface area contributed by atoms with Crippen molar-refractivity contribution in [3.63, 3.8) is 0 Å². The summed E-state index contributed by atoms with van der Waals surface area (Å²) in [6.07, 6.45) is 6.83. The molecule has 3 nitrogen and oxygen atoms in total. The number of aryl methyl sites for hydroxylation is 1. The van der Waals surface area contributed by atoms with Gasteiger partial charge in [0.25, 0.3) is 0 Å². The lowest BCUT2D eigenvalue weighted by atomic mass is 9.93. The van der Waals surface area contributed by atoms with Crippen LogP contribution in [-0.2, 0) is 11.2 Å². The average Bonchev–Trinajstić information content (AvgIpc) is 2.68. The van der Waals surface area contributed by atoms with Crippen molar-refractivity contribution in [1.82, 2.24) is 4.57 Å². The first kappa shape index (κ1) is 11.3. The van der Waals surface area contributed by atoms with Crippen LogP contribution in [0, 0.1) is 0 Å². The molecule has 3 heteroatoms. The molecule has 18 heavy (non-hydrogen) atoms. The third-order valence-electron chi connectivity index (χ3n) is 3.88. The Morgan fingerprint density at radius 3 is 2.83 bits per heavy atom. The molecule has 1 fully saturated rings. The molecule has 94 valence electrons. The van der Waals surface area contributed by atoms with Gasteiger partial charge in [-0.1, -0.05) is 12.1 Å². The molecule has 0 amide bonds. The SMILES string of the molecule is O=C(O)CCc1ccc2ccn(C3CCC3)c2c1. The Labute approximate surface area is 106 Å². The highest BCUT2D eigenvalue weighted by molar-refractivity contribution is 5.81. The van der Waals surface area contributed by atoms with Crippen molar-refractivity contribution in [2.24, 2.45) is 0 Å². The van der Waals surface area contributed by atoms with Crippen LogP contribution in [0.15, 0.2) is 30.5 Å². The van der Waals surface area contributed by atoms with Crippen molar-refractivity contribution < 1.29 is 9.90 Å². The fraction of sp³-hybridized carbons (Fsp3) is 0.400. The predicted octanol–water partition coefficient (Wildman–Crippen LogP) is 3.38. The molecule has 0 aliphatic heterocycles. The van der Waals surface area contributed by atoms with E-state index in [2.05, 4.69) is 29.0 Å². The van der Waals surface area contributed by atoms with Crippen molar-refractivity contribution in [1.29, 1.82) is 0 Å². The third-order valence-corrected chi connectivity index (χ3v) is 3.88. The average molecular weight is 243 g/mol. The summed E-state index contributed by atoms with van der Waals surface area (Å²) in [4.78, 5) is 10.6. The number of carbonyl (C=O) groups is 1. The zero-order valence-electron chi connectivity index (χ0n) is 10.3. The predicted molar refractivity (Wildman–Crippen MR) is 70.8 cm³/mol. The Kier molecular flexibility index (Phi) is 2.82. The van der Waals surface area contributed by atoms with Crippen molar-refractivity contribution in [2.45, 2.75) is 38.1 Å². The molecular weight excluding hydrogens is 226 g/mol. The minimum atomic E-state index is -0.732. The van der Waals surface area contributed by atoms with Gasteiger partial charge in [0, 0.05) is 24.2 Å². The number of aromatic nitrogens is 1. The summed E-state index contributed by atoms with van der Waals surface area (Å²) in [5.41, 5.74) is 2.37. The van der Waals surface area contributed by atoms with Crippen LogP contribution in [-0.4, -0.2) is 15.6 Å². The van der Waals surface area contributed by atoms with E-state index in [0.717, 1.165) is 5.56 Å². The van der Waals surface area contributed by atoms with Gasteiger partial charge in [-0.25, -0.2) is 0 Å². The molecule has 1 heterocycles. The lowest BCUT2D eigenvalue weighted by molar-refractivity contribution is -0.136. The summed E-state index contributed by atoms with van der Waals surface area (Å²) in [7, 11) is 0. The lowest BCUT2D eigenvalue weighted by Crippen LogP contribution is -2.15. The van der Waals surface area contributed by atoms with Crippen molar-refractivity contribution in [3.05, 3.63) is 36.0 Å². The minimum absolute atomic E-state index is 0.204. The van der Waals surface area contributed by atoms with Crippen LogP contribution < -0.4 is 0 Å². The van der Waals surface area contributed by atoms with Crippen LogP contribution in [0.4, 0.5) is 0 Å². The number of rotatable bonds is 4. The smallest absolute Gasteiger partial charge is 0.303 e. The standard InChI is InChI=1S/C15H17NO2/c17-15(18)7-5-11-4-6-12-8-9-16(14(12)10-11)13-2-1-3-13/h4,6,8-10,13H,1-3,5,7H2,(H,17,18). The molecule has 1 saturated carbocycles. The van der Waals surface area contributed by atoms with Crippen LogP contribution in [0.3, 0.4) is 0 Å². The van der Waals surface area contributed by atoms with E-state index in [9.17, 15) is 4.79 Å². The largest absolute Gasteiger partial charge is 0.481 e. The lowest BCUT2D eigenvalue weighted by Gasteiger charge is -2.28. The van der Waals surface area contributed by atoms with Crippen LogP contribution in [0.5, 0.6) is 0 Å². The Morgan fingerprint density at radius 1 is 1.33 bits per heavy atom. The maximum atomic E-state index is 10.6. The minimum Gasteiger partial charge on any atom is -0.481 e. The maximum Gasteiger partial charge on any atom is 0.303 e. The van der Waals surface area contributed by atoms with E-state index < -0.39 is 5.97 Å². The summed E-state index contributed by atoms with van der Waals surface area (Å²) in [6.45, 7) is 0. The van der Waals surface area contributed by atoms with Crippen molar-refractivity contribution >= 4 is 16.9 Å². The summed E-state index contributed by atoms with van der Waals surface area (Å²) >= 11 is 0. The van der Waals surface area contributed by atoms with E-state index in [0.29, 0.717) is 12.5 Å². The number of carboxylic acids is 1. The van der Waals surface area contributed by atoms with Crippen LogP contribution in [0.1, 0.15) is 37.3 Å². The van der Waals surface area contributed by atoms with E-state index in [-0.39, 0.29) is 6.42 Å². The molecule has 0 spiro atoms. The van der Waals surface area contributed by atoms with Gasteiger partial charge in [-0.2, -0.15) is 0 Å². The molecule has 1 aromatic heterocycles. The van der Waals surface area contributed by atoms with Crippen LogP contribution in [0.25, 0.3) is 10.9 Å². The van der Waals surface area contributed by atoms with Crippen LogP contribution >= 0.6 is 0 Å². The Hall–Kier alpha value is -1.77. The Balaban J connectivity index is 1.91. The monoisotopic (exact) mass is 243 g/mol. The molecule has 3 rings (SSSR count). The quantitative estimate of drug-likeness (QED) is 0.894. The van der Waals surface area contributed by atoms with Gasteiger partial charge in [-0.15, -0.1) is 0 Å². The molecule has 1 aliphatic rings. The Bertz CT molecular complexity index is 581. The fourth-order valence-electron chi connectivity index (χ4n) is 2.58. The van der Waals surface area contributed by atoms with Gasteiger partial charge in [0.1, 0.15) is 0 Å². The van der Waals surface area contributed by atoms with Gasteiger partial charge in [0.15, 0.2) is 0 Å². The highest BCUT2D eigenvalue weighted by Crippen LogP contribution is 2.34. The number of benzene rings is 1. The summed E-state index contributed by atoms with van der Waals surface area (Å²) in [6, 6.07) is 9.08. The molecule has 1 N–H and O–H groups in total. The number of hydrogen-bond donors (Lipinski definition) is 1. The first-order chi connectivity index (χ1) is 8.74. The molecule has 0 unspecified atom stereocenters. The maximum absolute atomic E-state index is 10.6. The van der Waals surface area contributed by atoms with E-state index >= 15 is 0 Å². The number of carboxylic acid groups (broad SMARTS) is 1. The van der Waals surface area contributed by atoms with Gasteiger partial charge in [0.05, 0.1) is 0 Å². The topological polar surface area (TPSA) is 42.2 Å². The van der Waals surface area contributed by atoms with Gasteiger partial charge in [-0.05, 0) is 48.8 Å².